The predicted octanol–water partition coefficient (Wildman–Crippen LogP) is 1.69. The zero-order valence-electron chi connectivity index (χ0n) is 14.0. The molecule has 2 aliphatic heterocycles. The number of rotatable bonds is 3. The Morgan fingerprint density at radius 3 is 2.60 bits per heavy atom. The lowest BCUT2D eigenvalue weighted by Crippen LogP contribution is -2.48. The number of carbonyl (C=O) groups is 2. The fraction of sp³-hybridized carbons (Fsp3) is 0.316. The molecule has 2 amide bonds. The standard InChI is InChI=1S/C19H20N4O2/c24-14-21-10-12-22(13-11-21)19(25)16-5-3-8-20-18(16)23-9-7-15-4-1-2-6-17(15)23/h1-6,8,14H,7,9-13H2. The highest BCUT2D eigenvalue weighted by atomic mass is 16.2. The maximum Gasteiger partial charge on any atom is 0.257 e. The third-order valence-corrected chi connectivity index (χ3v) is 4.91. The first-order valence-corrected chi connectivity index (χ1v) is 8.57. The van der Waals surface area contributed by atoms with Crippen LogP contribution in [0.15, 0.2) is 42.6 Å². The average molecular weight is 336 g/mol. The van der Waals surface area contributed by atoms with Gasteiger partial charge < -0.3 is 14.7 Å². The zero-order valence-corrected chi connectivity index (χ0v) is 14.0. The van der Waals surface area contributed by atoms with Crippen molar-refractivity contribution in [2.75, 3.05) is 37.6 Å². The van der Waals surface area contributed by atoms with Gasteiger partial charge in [-0.15, -0.1) is 0 Å². The number of nitrogens with zero attached hydrogens (tertiary/aromatic N) is 4. The number of anilines is 2. The van der Waals surface area contributed by atoms with Crippen LogP contribution in [0.2, 0.25) is 0 Å². The monoisotopic (exact) mass is 336 g/mol. The molecular formula is C19H20N4O2. The summed E-state index contributed by atoms with van der Waals surface area (Å²) < 4.78 is 0. The Morgan fingerprint density at radius 1 is 1.00 bits per heavy atom. The van der Waals surface area contributed by atoms with Crippen molar-refractivity contribution in [3.05, 3.63) is 53.7 Å². The molecule has 25 heavy (non-hydrogen) atoms. The molecule has 6 heteroatoms. The van der Waals surface area contributed by atoms with Gasteiger partial charge in [-0.25, -0.2) is 4.98 Å². The van der Waals surface area contributed by atoms with Gasteiger partial charge in [0.15, 0.2) is 0 Å². The van der Waals surface area contributed by atoms with E-state index in [2.05, 4.69) is 22.0 Å². The Labute approximate surface area is 146 Å². The molecule has 0 spiro atoms. The maximum absolute atomic E-state index is 13.0. The second-order valence-electron chi connectivity index (χ2n) is 6.34. The van der Waals surface area contributed by atoms with E-state index in [1.165, 1.54) is 5.56 Å². The van der Waals surface area contributed by atoms with Gasteiger partial charge in [0.2, 0.25) is 6.41 Å². The van der Waals surface area contributed by atoms with Gasteiger partial charge in [-0.3, -0.25) is 9.59 Å². The minimum Gasteiger partial charge on any atom is -0.342 e. The van der Waals surface area contributed by atoms with Gasteiger partial charge in [-0.2, -0.15) is 0 Å². The van der Waals surface area contributed by atoms with Crippen LogP contribution in [0.4, 0.5) is 11.5 Å². The summed E-state index contributed by atoms with van der Waals surface area (Å²) >= 11 is 0. The Balaban J connectivity index is 1.62. The molecule has 0 aliphatic carbocycles. The number of para-hydroxylation sites is 1. The van der Waals surface area contributed by atoms with Crippen molar-refractivity contribution >= 4 is 23.8 Å². The topological polar surface area (TPSA) is 56.8 Å². The summed E-state index contributed by atoms with van der Waals surface area (Å²) in [5.74, 6) is 0.702. The molecule has 0 radical (unpaired) electrons. The third kappa shape index (κ3) is 2.84. The fourth-order valence-electron chi connectivity index (χ4n) is 3.54. The largest absolute Gasteiger partial charge is 0.342 e. The molecule has 0 saturated carbocycles. The SMILES string of the molecule is O=CN1CCN(C(=O)c2cccnc2N2CCc3ccccc32)CC1. The smallest absolute Gasteiger partial charge is 0.257 e. The second kappa shape index (κ2) is 6.55. The molecule has 1 aromatic heterocycles. The van der Waals surface area contributed by atoms with E-state index in [1.807, 2.05) is 23.1 Å². The average Bonchev–Trinajstić information content (AvgIpc) is 3.11. The molecule has 3 heterocycles. The number of carbonyl (C=O) groups excluding carboxylic acids is 2. The minimum atomic E-state index is -0.0157. The van der Waals surface area contributed by atoms with Crippen LogP contribution in [0.1, 0.15) is 15.9 Å². The molecule has 0 unspecified atom stereocenters. The lowest BCUT2D eigenvalue weighted by molar-refractivity contribution is -0.119. The van der Waals surface area contributed by atoms with E-state index in [9.17, 15) is 9.59 Å². The first-order valence-electron chi connectivity index (χ1n) is 8.57. The molecule has 128 valence electrons. The van der Waals surface area contributed by atoms with Crippen molar-refractivity contribution < 1.29 is 9.59 Å². The number of piperazine rings is 1. The lowest BCUT2D eigenvalue weighted by Gasteiger charge is -2.33. The number of aromatic nitrogens is 1. The molecule has 0 N–H and O–H groups in total. The van der Waals surface area contributed by atoms with Crippen molar-refractivity contribution in [3.8, 4) is 0 Å². The van der Waals surface area contributed by atoms with Crippen molar-refractivity contribution in [2.45, 2.75) is 6.42 Å². The van der Waals surface area contributed by atoms with E-state index in [1.54, 1.807) is 17.2 Å². The first kappa shape index (κ1) is 15.6. The maximum atomic E-state index is 13.0. The van der Waals surface area contributed by atoms with Crippen LogP contribution in [-0.4, -0.2) is 59.8 Å². The van der Waals surface area contributed by atoms with E-state index in [4.69, 9.17) is 0 Å². The van der Waals surface area contributed by atoms with Crippen molar-refractivity contribution in [3.63, 3.8) is 0 Å². The van der Waals surface area contributed by atoms with Crippen LogP contribution in [0.3, 0.4) is 0 Å². The number of hydrogen-bond acceptors (Lipinski definition) is 4. The van der Waals surface area contributed by atoms with Crippen molar-refractivity contribution in [1.82, 2.24) is 14.8 Å². The van der Waals surface area contributed by atoms with Crippen LogP contribution in [0, 0.1) is 0 Å². The van der Waals surface area contributed by atoms with Gasteiger partial charge >= 0.3 is 0 Å². The normalized spacial score (nSPS) is 16.7. The van der Waals surface area contributed by atoms with Crippen molar-refractivity contribution in [1.29, 1.82) is 0 Å². The Bertz CT molecular complexity index is 800. The Hall–Kier alpha value is -2.89. The fourth-order valence-corrected chi connectivity index (χ4v) is 3.54. The quantitative estimate of drug-likeness (QED) is 0.801. The summed E-state index contributed by atoms with van der Waals surface area (Å²) in [6.07, 6.45) is 3.54. The van der Waals surface area contributed by atoms with E-state index in [0.29, 0.717) is 31.7 Å². The Morgan fingerprint density at radius 2 is 1.80 bits per heavy atom. The number of fused-ring (bicyclic) bond motifs is 1. The van der Waals surface area contributed by atoms with E-state index in [-0.39, 0.29) is 5.91 Å². The van der Waals surface area contributed by atoms with E-state index in [0.717, 1.165) is 30.9 Å². The molecule has 1 saturated heterocycles. The zero-order chi connectivity index (χ0) is 17.2. The van der Waals surface area contributed by atoms with Gasteiger partial charge in [0.1, 0.15) is 5.82 Å². The van der Waals surface area contributed by atoms with Crippen LogP contribution in [0.25, 0.3) is 0 Å². The molecule has 1 fully saturated rings. The first-order chi connectivity index (χ1) is 12.3. The molecule has 0 bridgehead atoms. The molecule has 0 atom stereocenters. The second-order valence-corrected chi connectivity index (χ2v) is 6.34. The number of benzene rings is 1. The summed E-state index contributed by atoms with van der Waals surface area (Å²) in [6.45, 7) is 3.11. The van der Waals surface area contributed by atoms with E-state index < -0.39 is 0 Å². The molecule has 4 rings (SSSR count). The van der Waals surface area contributed by atoms with Gasteiger partial charge in [0.25, 0.3) is 5.91 Å². The summed E-state index contributed by atoms with van der Waals surface area (Å²) in [4.78, 5) is 34.0. The highest BCUT2D eigenvalue weighted by Crippen LogP contribution is 2.35. The molecule has 2 aromatic rings. The number of pyridine rings is 1. The third-order valence-electron chi connectivity index (χ3n) is 4.91. The van der Waals surface area contributed by atoms with E-state index >= 15 is 0 Å². The number of hydrogen-bond donors (Lipinski definition) is 0. The summed E-state index contributed by atoms with van der Waals surface area (Å²) in [5.41, 5.74) is 3.03. The lowest BCUT2D eigenvalue weighted by atomic mass is 10.1. The summed E-state index contributed by atoms with van der Waals surface area (Å²) in [6, 6.07) is 11.9. The van der Waals surface area contributed by atoms with Gasteiger partial charge in [0, 0.05) is 44.6 Å². The predicted molar refractivity (Wildman–Crippen MR) is 94.9 cm³/mol. The van der Waals surface area contributed by atoms with Crippen LogP contribution < -0.4 is 4.90 Å². The van der Waals surface area contributed by atoms with Crippen LogP contribution in [-0.2, 0) is 11.2 Å². The highest BCUT2D eigenvalue weighted by Gasteiger charge is 2.28. The van der Waals surface area contributed by atoms with Crippen LogP contribution in [0.5, 0.6) is 0 Å². The summed E-state index contributed by atoms with van der Waals surface area (Å²) in [5, 5.41) is 0. The van der Waals surface area contributed by atoms with Gasteiger partial charge in [-0.1, -0.05) is 18.2 Å². The molecule has 2 aliphatic rings. The van der Waals surface area contributed by atoms with Gasteiger partial charge in [-0.05, 0) is 30.2 Å². The molecule has 1 aromatic carbocycles. The minimum absolute atomic E-state index is 0.0157. The Kier molecular flexibility index (Phi) is 4.09. The van der Waals surface area contributed by atoms with Crippen molar-refractivity contribution in [2.24, 2.45) is 0 Å². The summed E-state index contributed by atoms with van der Waals surface area (Å²) in [7, 11) is 0. The molecular weight excluding hydrogens is 316 g/mol. The highest BCUT2D eigenvalue weighted by molar-refractivity contribution is 6.00. The molecule has 6 nitrogen and oxygen atoms in total. The van der Waals surface area contributed by atoms with Crippen LogP contribution >= 0.6 is 0 Å². The number of amides is 2. The van der Waals surface area contributed by atoms with Gasteiger partial charge in [0.05, 0.1) is 5.56 Å².